The number of nitrogens with zero attached hydrogens (tertiary/aromatic N) is 1. The molecule has 1 aliphatic rings. The van der Waals surface area contributed by atoms with Crippen molar-refractivity contribution in [2.75, 3.05) is 13.1 Å². The number of nitrogens with two attached hydrogens (primary N) is 1. The minimum Gasteiger partial charge on any atom is -0.336 e. The Balaban J connectivity index is 2.28. The Labute approximate surface area is 125 Å². The number of amides is 1. The molecule has 0 radical (unpaired) electrons. The van der Waals surface area contributed by atoms with Gasteiger partial charge in [0, 0.05) is 18.2 Å². The van der Waals surface area contributed by atoms with Gasteiger partial charge in [0.05, 0.1) is 12.1 Å². The van der Waals surface area contributed by atoms with Crippen molar-refractivity contribution in [3.8, 4) is 11.8 Å². The zero-order valence-electron chi connectivity index (χ0n) is 12.4. The molecule has 2 rings (SSSR count). The Morgan fingerprint density at radius 3 is 2.86 bits per heavy atom. The van der Waals surface area contributed by atoms with E-state index in [1.54, 1.807) is 0 Å². The van der Waals surface area contributed by atoms with Gasteiger partial charge in [-0.05, 0) is 37.5 Å². The summed E-state index contributed by atoms with van der Waals surface area (Å²) in [6.45, 7) is 3.04. The van der Waals surface area contributed by atoms with Crippen molar-refractivity contribution in [3.05, 3.63) is 35.1 Å². The molecule has 0 bridgehead atoms. The fraction of sp³-hybridized carbons (Fsp3) is 0.471. The second kappa shape index (κ2) is 7.24. The van der Waals surface area contributed by atoms with Crippen molar-refractivity contribution in [1.82, 2.24) is 4.90 Å². The summed E-state index contributed by atoms with van der Waals surface area (Å²) >= 11 is 0. The molecule has 0 aliphatic heterocycles. The molecule has 1 fully saturated rings. The van der Waals surface area contributed by atoms with Gasteiger partial charge in [0.25, 0.3) is 5.91 Å². The molecule has 4 heteroatoms. The zero-order chi connectivity index (χ0) is 15.2. The number of hydrogen-bond donors (Lipinski definition) is 1. The molecular formula is C17H21FN2O. The maximum absolute atomic E-state index is 13.4. The topological polar surface area (TPSA) is 46.3 Å². The summed E-state index contributed by atoms with van der Waals surface area (Å²) < 4.78 is 13.4. The molecule has 1 saturated carbocycles. The van der Waals surface area contributed by atoms with Gasteiger partial charge in [-0.25, -0.2) is 4.39 Å². The fourth-order valence-electron chi connectivity index (χ4n) is 2.27. The molecule has 1 aromatic carbocycles. The smallest absolute Gasteiger partial charge is 0.255 e. The molecular weight excluding hydrogens is 267 g/mol. The van der Waals surface area contributed by atoms with Crippen LogP contribution in [0.5, 0.6) is 0 Å². The van der Waals surface area contributed by atoms with Crippen molar-refractivity contribution in [2.24, 2.45) is 5.73 Å². The highest BCUT2D eigenvalue weighted by Gasteiger charge is 2.33. The maximum atomic E-state index is 13.4. The lowest BCUT2D eigenvalue weighted by Gasteiger charge is -2.23. The molecule has 1 amide bonds. The molecule has 3 nitrogen and oxygen atoms in total. The van der Waals surface area contributed by atoms with Gasteiger partial charge in [0.2, 0.25) is 0 Å². The number of rotatable bonds is 5. The summed E-state index contributed by atoms with van der Waals surface area (Å²) in [7, 11) is 0. The summed E-state index contributed by atoms with van der Waals surface area (Å²) in [5.41, 5.74) is 6.26. The van der Waals surface area contributed by atoms with Crippen LogP contribution in [0, 0.1) is 17.7 Å². The predicted octanol–water partition coefficient (Wildman–Crippen LogP) is 2.54. The second-order valence-electron chi connectivity index (χ2n) is 5.28. The maximum Gasteiger partial charge on any atom is 0.255 e. The van der Waals surface area contributed by atoms with Gasteiger partial charge in [0.15, 0.2) is 0 Å². The molecule has 1 aliphatic carbocycles. The largest absolute Gasteiger partial charge is 0.336 e. The van der Waals surface area contributed by atoms with Crippen molar-refractivity contribution in [2.45, 2.75) is 38.6 Å². The van der Waals surface area contributed by atoms with E-state index in [-0.39, 0.29) is 18.3 Å². The van der Waals surface area contributed by atoms with Gasteiger partial charge in [0.1, 0.15) is 5.82 Å². The van der Waals surface area contributed by atoms with E-state index in [1.165, 1.54) is 18.2 Å². The second-order valence-corrected chi connectivity index (χ2v) is 5.28. The number of carbonyl (C=O) groups excluding carboxylic acids is 1. The van der Waals surface area contributed by atoms with Gasteiger partial charge < -0.3 is 10.6 Å². The first-order chi connectivity index (χ1) is 10.2. The number of carbonyl (C=O) groups is 1. The Bertz CT molecular complexity index is 570. The third kappa shape index (κ3) is 4.05. The SMILES string of the molecule is CCCCN(C(=O)c1ccc(F)cc1C#CCN)C1CC1. The summed E-state index contributed by atoms with van der Waals surface area (Å²) in [5, 5.41) is 0. The van der Waals surface area contributed by atoms with Crippen LogP contribution in [-0.2, 0) is 0 Å². The van der Waals surface area contributed by atoms with Gasteiger partial charge in [-0.2, -0.15) is 0 Å². The molecule has 21 heavy (non-hydrogen) atoms. The standard InChI is InChI=1S/C17H21FN2O/c1-2-3-11-20(15-7-8-15)17(21)16-9-6-14(18)12-13(16)5-4-10-19/h6,9,12,15H,2-3,7-8,10-11,19H2,1H3. The Morgan fingerprint density at radius 2 is 2.24 bits per heavy atom. The van der Waals surface area contributed by atoms with Crippen molar-refractivity contribution >= 4 is 5.91 Å². The van der Waals surface area contributed by atoms with Gasteiger partial charge in [-0.1, -0.05) is 25.2 Å². The number of unbranched alkanes of at least 4 members (excludes halogenated alkanes) is 1. The highest BCUT2D eigenvalue weighted by atomic mass is 19.1. The fourth-order valence-corrected chi connectivity index (χ4v) is 2.27. The first-order valence-corrected chi connectivity index (χ1v) is 7.46. The van der Waals surface area contributed by atoms with E-state index in [0.29, 0.717) is 17.2 Å². The van der Waals surface area contributed by atoms with Gasteiger partial charge >= 0.3 is 0 Å². The lowest BCUT2D eigenvalue weighted by molar-refractivity contribution is 0.0740. The summed E-state index contributed by atoms with van der Waals surface area (Å²) in [5.74, 6) is 5.06. The molecule has 0 saturated heterocycles. The van der Waals surface area contributed by atoms with E-state index < -0.39 is 0 Å². The van der Waals surface area contributed by atoms with Crippen LogP contribution in [0.3, 0.4) is 0 Å². The van der Waals surface area contributed by atoms with Crippen LogP contribution < -0.4 is 5.73 Å². The van der Waals surface area contributed by atoms with Crippen LogP contribution in [0.15, 0.2) is 18.2 Å². The average Bonchev–Trinajstić information content (AvgIpc) is 3.30. The summed E-state index contributed by atoms with van der Waals surface area (Å²) in [4.78, 5) is 14.6. The molecule has 0 spiro atoms. The molecule has 0 aromatic heterocycles. The molecule has 1 aromatic rings. The number of hydrogen-bond acceptors (Lipinski definition) is 2. The number of benzene rings is 1. The van der Waals surface area contributed by atoms with Crippen LogP contribution >= 0.6 is 0 Å². The normalized spacial score (nSPS) is 13.5. The zero-order valence-corrected chi connectivity index (χ0v) is 12.4. The molecule has 112 valence electrons. The summed E-state index contributed by atoms with van der Waals surface area (Å²) in [6.07, 6.45) is 4.13. The van der Waals surface area contributed by atoms with Crippen molar-refractivity contribution in [3.63, 3.8) is 0 Å². The monoisotopic (exact) mass is 288 g/mol. The third-order valence-electron chi connectivity index (χ3n) is 3.54. The van der Waals surface area contributed by atoms with Crippen molar-refractivity contribution in [1.29, 1.82) is 0 Å². The van der Waals surface area contributed by atoms with Crippen molar-refractivity contribution < 1.29 is 9.18 Å². The van der Waals surface area contributed by atoms with Crippen LogP contribution in [0.1, 0.15) is 48.5 Å². The van der Waals surface area contributed by atoms with E-state index >= 15 is 0 Å². The van der Waals surface area contributed by atoms with E-state index in [4.69, 9.17) is 5.73 Å². The van der Waals surface area contributed by atoms with E-state index in [9.17, 15) is 9.18 Å². The minimum atomic E-state index is -0.389. The summed E-state index contributed by atoms with van der Waals surface area (Å²) in [6, 6.07) is 4.48. The predicted molar refractivity (Wildman–Crippen MR) is 81.3 cm³/mol. The van der Waals surface area contributed by atoms with Crippen LogP contribution in [0.4, 0.5) is 4.39 Å². The van der Waals surface area contributed by atoms with Gasteiger partial charge in [-0.15, -0.1) is 0 Å². The molecule has 0 heterocycles. The van der Waals surface area contributed by atoms with Crippen LogP contribution in [0.25, 0.3) is 0 Å². The van der Waals surface area contributed by atoms with Crippen LogP contribution in [-0.4, -0.2) is 29.9 Å². The van der Waals surface area contributed by atoms with E-state index in [1.807, 2.05) is 4.90 Å². The first-order valence-electron chi connectivity index (χ1n) is 7.46. The first kappa shape index (κ1) is 15.5. The number of halogens is 1. The quantitative estimate of drug-likeness (QED) is 0.846. The van der Waals surface area contributed by atoms with E-state index in [0.717, 1.165) is 32.2 Å². The Hall–Kier alpha value is -1.86. The molecule has 0 unspecified atom stereocenters. The van der Waals surface area contributed by atoms with Gasteiger partial charge in [-0.3, -0.25) is 4.79 Å². The average molecular weight is 288 g/mol. The van der Waals surface area contributed by atoms with E-state index in [2.05, 4.69) is 18.8 Å². The Kier molecular flexibility index (Phi) is 5.35. The Morgan fingerprint density at radius 1 is 1.48 bits per heavy atom. The molecule has 0 atom stereocenters. The lowest BCUT2D eigenvalue weighted by Crippen LogP contribution is -2.34. The highest BCUT2D eigenvalue weighted by Crippen LogP contribution is 2.29. The minimum absolute atomic E-state index is 0.0488. The highest BCUT2D eigenvalue weighted by molar-refractivity contribution is 5.97. The van der Waals surface area contributed by atoms with Crippen LogP contribution in [0.2, 0.25) is 0 Å². The third-order valence-corrected chi connectivity index (χ3v) is 3.54. The molecule has 2 N–H and O–H groups in total. The lowest BCUT2D eigenvalue weighted by atomic mass is 10.1.